The highest BCUT2D eigenvalue weighted by Gasteiger charge is 2.18. The van der Waals surface area contributed by atoms with Crippen molar-refractivity contribution in [3.05, 3.63) is 80.9 Å². The standard InChI is InChI=1S/C23H21N3O4/c1-14-6-11-21(20(12-14)26(28)29)30-13-22(27)25-24-15(2)18-10-9-17-8-7-16-4-3-5-19(18)23(16)17/h3-6,9-12H,7-8,13H2,1-2H3,(H,25,27)/b24-15+. The number of carbonyl (C=O) groups excluding carboxylic acids is 1. The summed E-state index contributed by atoms with van der Waals surface area (Å²) in [6.45, 7) is 3.22. The minimum absolute atomic E-state index is 0.0500. The Hall–Kier alpha value is -3.74. The van der Waals surface area contributed by atoms with Crippen LogP contribution in [0, 0.1) is 17.0 Å². The van der Waals surface area contributed by atoms with Crippen LogP contribution in [0.5, 0.6) is 5.75 Å². The van der Waals surface area contributed by atoms with E-state index in [0.717, 1.165) is 29.4 Å². The van der Waals surface area contributed by atoms with E-state index in [9.17, 15) is 14.9 Å². The molecule has 0 radical (unpaired) electrons. The Bertz CT molecular complexity index is 1190. The Labute approximate surface area is 173 Å². The highest BCUT2D eigenvalue weighted by molar-refractivity contribution is 6.11. The fourth-order valence-corrected chi connectivity index (χ4v) is 3.84. The smallest absolute Gasteiger partial charge is 0.311 e. The van der Waals surface area contributed by atoms with Gasteiger partial charge in [-0.05, 0) is 60.2 Å². The summed E-state index contributed by atoms with van der Waals surface area (Å²) in [5.41, 5.74) is 7.37. The SMILES string of the molecule is C/C(=N\NC(=O)COc1ccc(C)cc1[N+](=O)[O-])c1ccc2c3c(cccc13)CC2. The van der Waals surface area contributed by atoms with Gasteiger partial charge in [-0.25, -0.2) is 5.43 Å². The summed E-state index contributed by atoms with van der Waals surface area (Å²) in [5.74, 6) is -0.441. The molecule has 0 aliphatic heterocycles. The molecule has 3 aromatic rings. The molecular formula is C23H21N3O4. The number of benzene rings is 3. The molecule has 0 bridgehead atoms. The van der Waals surface area contributed by atoms with Crippen molar-refractivity contribution < 1.29 is 14.5 Å². The van der Waals surface area contributed by atoms with Crippen LogP contribution in [0.1, 0.15) is 29.2 Å². The van der Waals surface area contributed by atoms with Crippen molar-refractivity contribution in [2.24, 2.45) is 5.10 Å². The Morgan fingerprint density at radius 2 is 1.93 bits per heavy atom. The van der Waals surface area contributed by atoms with Crippen LogP contribution in [0.15, 0.2) is 53.6 Å². The molecule has 0 spiro atoms. The number of amides is 1. The fraction of sp³-hybridized carbons (Fsp3) is 0.217. The van der Waals surface area contributed by atoms with Crippen LogP contribution in [0.3, 0.4) is 0 Å². The van der Waals surface area contributed by atoms with Gasteiger partial charge in [-0.15, -0.1) is 0 Å². The van der Waals surface area contributed by atoms with Crippen LogP contribution >= 0.6 is 0 Å². The zero-order valence-electron chi connectivity index (χ0n) is 16.8. The van der Waals surface area contributed by atoms with E-state index >= 15 is 0 Å². The largest absolute Gasteiger partial charge is 0.477 e. The van der Waals surface area contributed by atoms with E-state index in [1.54, 1.807) is 13.0 Å². The Balaban J connectivity index is 1.47. The first kappa shape index (κ1) is 19.6. The summed E-state index contributed by atoms with van der Waals surface area (Å²) < 4.78 is 5.34. The molecule has 7 heteroatoms. The van der Waals surface area contributed by atoms with Gasteiger partial charge in [-0.2, -0.15) is 5.10 Å². The molecule has 0 saturated carbocycles. The van der Waals surface area contributed by atoms with E-state index in [4.69, 9.17) is 4.74 Å². The topological polar surface area (TPSA) is 93.8 Å². The molecule has 1 amide bonds. The van der Waals surface area contributed by atoms with Crippen molar-refractivity contribution in [2.75, 3.05) is 6.61 Å². The fourth-order valence-electron chi connectivity index (χ4n) is 3.84. The predicted molar refractivity (Wildman–Crippen MR) is 115 cm³/mol. The highest BCUT2D eigenvalue weighted by atomic mass is 16.6. The minimum atomic E-state index is -0.530. The van der Waals surface area contributed by atoms with Crippen LogP contribution in [-0.4, -0.2) is 23.1 Å². The molecule has 0 aromatic heterocycles. The monoisotopic (exact) mass is 403 g/mol. The van der Waals surface area contributed by atoms with Crippen LogP contribution in [0.4, 0.5) is 5.69 Å². The highest BCUT2D eigenvalue weighted by Crippen LogP contribution is 2.33. The molecule has 1 N–H and O–H groups in total. The molecule has 0 atom stereocenters. The molecule has 152 valence electrons. The number of rotatable bonds is 6. The van der Waals surface area contributed by atoms with Gasteiger partial charge in [-0.3, -0.25) is 14.9 Å². The predicted octanol–water partition coefficient (Wildman–Crippen LogP) is 4.07. The number of nitro groups is 1. The summed E-state index contributed by atoms with van der Waals surface area (Å²) in [6, 6.07) is 15.0. The van der Waals surface area contributed by atoms with Gasteiger partial charge in [0.15, 0.2) is 12.4 Å². The van der Waals surface area contributed by atoms with Crippen molar-refractivity contribution in [2.45, 2.75) is 26.7 Å². The molecule has 0 unspecified atom stereocenters. The summed E-state index contributed by atoms with van der Waals surface area (Å²) in [6.07, 6.45) is 2.09. The van der Waals surface area contributed by atoms with Crippen LogP contribution < -0.4 is 10.2 Å². The van der Waals surface area contributed by atoms with E-state index < -0.39 is 10.8 Å². The van der Waals surface area contributed by atoms with Gasteiger partial charge < -0.3 is 4.74 Å². The number of hydrogen-bond donors (Lipinski definition) is 1. The Morgan fingerprint density at radius 3 is 2.70 bits per heavy atom. The van der Waals surface area contributed by atoms with Crippen LogP contribution in [0.2, 0.25) is 0 Å². The maximum absolute atomic E-state index is 12.2. The van der Waals surface area contributed by atoms with Gasteiger partial charge in [0, 0.05) is 11.6 Å². The summed E-state index contributed by atoms with van der Waals surface area (Å²) >= 11 is 0. The van der Waals surface area contributed by atoms with E-state index in [2.05, 4.69) is 28.7 Å². The Kier molecular flexibility index (Phi) is 5.18. The number of hydrogen-bond acceptors (Lipinski definition) is 5. The zero-order valence-corrected chi connectivity index (χ0v) is 16.8. The third kappa shape index (κ3) is 3.74. The van der Waals surface area contributed by atoms with Gasteiger partial charge in [0.25, 0.3) is 5.91 Å². The molecule has 0 saturated heterocycles. The first-order chi connectivity index (χ1) is 14.4. The zero-order chi connectivity index (χ0) is 21.3. The lowest BCUT2D eigenvalue weighted by molar-refractivity contribution is -0.385. The van der Waals surface area contributed by atoms with Crippen molar-refractivity contribution in [3.8, 4) is 5.75 Å². The second-order valence-electron chi connectivity index (χ2n) is 7.36. The van der Waals surface area contributed by atoms with Crippen molar-refractivity contribution in [1.29, 1.82) is 0 Å². The summed E-state index contributed by atoms with van der Waals surface area (Å²) in [4.78, 5) is 22.8. The van der Waals surface area contributed by atoms with Crippen molar-refractivity contribution >= 4 is 28.1 Å². The number of hydrazone groups is 1. The molecule has 1 aliphatic carbocycles. The molecule has 0 heterocycles. The van der Waals surface area contributed by atoms with Gasteiger partial charge in [0.1, 0.15) is 0 Å². The van der Waals surface area contributed by atoms with Crippen molar-refractivity contribution in [3.63, 3.8) is 0 Å². The second-order valence-corrected chi connectivity index (χ2v) is 7.36. The van der Waals surface area contributed by atoms with E-state index in [1.165, 1.54) is 28.6 Å². The van der Waals surface area contributed by atoms with E-state index in [1.807, 2.05) is 19.1 Å². The number of nitro benzene ring substituents is 1. The Morgan fingerprint density at radius 1 is 1.17 bits per heavy atom. The third-order valence-corrected chi connectivity index (χ3v) is 5.28. The summed E-state index contributed by atoms with van der Waals surface area (Å²) in [7, 11) is 0. The number of ether oxygens (including phenoxy) is 1. The lowest BCUT2D eigenvalue weighted by Crippen LogP contribution is -2.25. The number of nitrogens with zero attached hydrogens (tertiary/aromatic N) is 2. The maximum Gasteiger partial charge on any atom is 0.311 e. The normalized spacial score (nSPS) is 12.8. The lowest BCUT2D eigenvalue weighted by Gasteiger charge is -2.10. The van der Waals surface area contributed by atoms with Gasteiger partial charge in [0.2, 0.25) is 0 Å². The quantitative estimate of drug-likeness (QED) is 0.381. The second kappa shape index (κ2) is 7.94. The third-order valence-electron chi connectivity index (χ3n) is 5.28. The maximum atomic E-state index is 12.2. The van der Waals surface area contributed by atoms with Crippen molar-refractivity contribution in [1.82, 2.24) is 5.43 Å². The molecule has 3 aromatic carbocycles. The van der Waals surface area contributed by atoms with E-state index in [0.29, 0.717) is 5.71 Å². The van der Waals surface area contributed by atoms with Gasteiger partial charge in [0.05, 0.1) is 10.6 Å². The summed E-state index contributed by atoms with van der Waals surface area (Å²) in [5, 5.41) is 17.8. The van der Waals surface area contributed by atoms with Gasteiger partial charge >= 0.3 is 5.69 Å². The first-order valence-corrected chi connectivity index (χ1v) is 9.69. The average Bonchev–Trinajstić information content (AvgIpc) is 3.16. The number of nitrogens with one attached hydrogen (secondary N) is 1. The minimum Gasteiger partial charge on any atom is -0.477 e. The molecule has 7 nitrogen and oxygen atoms in total. The molecular weight excluding hydrogens is 382 g/mol. The average molecular weight is 403 g/mol. The molecule has 0 fully saturated rings. The van der Waals surface area contributed by atoms with Gasteiger partial charge in [-0.1, -0.05) is 36.4 Å². The lowest BCUT2D eigenvalue weighted by atomic mass is 9.98. The van der Waals surface area contributed by atoms with E-state index in [-0.39, 0.29) is 18.0 Å². The number of aryl methyl sites for hydroxylation is 3. The molecule has 30 heavy (non-hydrogen) atoms. The first-order valence-electron chi connectivity index (χ1n) is 9.69. The van der Waals surface area contributed by atoms with Crippen LogP contribution in [-0.2, 0) is 17.6 Å². The molecule has 1 aliphatic rings. The molecule has 4 rings (SSSR count). The number of carbonyl (C=O) groups is 1. The van der Waals surface area contributed by atoms with Crippen LogP contribution in [0.25, 0.3) is 10.8 Å².